The third-order valence-corrected chi connectivity index (χ3v) is 2.13. The van der Waals surface area contributed by atoms with Gasteiger partial charge in [-0.05, 0) is 30.0 Å². The van der Waals surface area contributed by atoms with E-state index < -0.39 is 0 Å². The molecule has 0 aromatic heterocycles. The van der Waals surface area contributed by atoms with Crippen LogP contribution in [0.4, 0.5) is 5.69 Å². The second-order valence-corrected chi connectivity index (χ2v) is 4.48. The summed E-state index contributed by atoms with van der Waals surface area (Å²) >= 11 is 0. The molecule has 0 radical (unpaired) electrons. The first-order valence-corrected chi connectivity index (χ1v) is 4.42. The van der Waals surface area contributed by atoms with Crippen molar-refractivity contribution in [3.05, 3.63) is 23.3 Å². The fourth-order valence-corrected chi connectivity index (χ4v) is 1.38. The lowest BCUT2D eigenvalue weighted by atomic mass is 9.85. The van der Waals surface area contributed by atoms with Crippen molar-refractivity contribution in [1.29, 1.82) is 0 Å². The minimum absolute atomic E-state index is 0.0653. The zero-order valence-electron chi connectivity index (χ0n) is 8.68. The zero-order valence-corrected chi connectivity index (χ0v) is 8.68. The first-order chi connectivity index (χ1) is 5.82. The van der Waals surface area contributed by atoms with Gasteiger partial charge in [-0.1, -0.05) is 20.8 Å². The topological polar surface area (TPSA) is 46.2 Å². The number of nitrogen functional groups attached to an aromatic ring is 1. The predicted molar refractivity (Wildman–Crippen MR) is 56.0 cm³/mol. The van der Waals surface area contributed by atoms with E-state index in [1.54, 1.807) is 6.07 Å². The molecule has 3 N–H and O–H groups in total. The van der Waals surface area contributed by atoms with Crippen molar-refractivity contribution < 1.29 is 5.11 Å². The minimum Gasteiger partial charge on any atom is -0.507 e. The Kier molecular flexibility index (Phi) is 2.24. The van der Waals surface area contributed by atoms with Gasteiger partial charge in [0.15, 0.2) is 0 Å². The third kappa shape index (κ3) is 1.94. The standard InChI is InChI=1S/C11H17NO/c1-7-5-8(12)6-9(10(7)13)11(2,3)4/h5-6,13H,12H2,1-4H3. The maximum absolute atomic E-state index is 9.80. The van der Waals surface area contributed by atoms with E-state index in [0.717, 1.165) is 11.1 Å². The summed E-state index contributed by atoms with van der Waals surface area (Å²) in [5.41, 5.74) is 8.10. The monoisotopic (exact) mass is 179 g/mol. The van der Waals surface area contributed by atoms with Crippen LogP contribution >= 0.6 is 0 Å². The van der Waals surface area contributed by atoms with E-state index in [1.807, 2.05) is 13.0 Å². The number of phenols is 1. The fourth-order valence-electron chi connectivity index (χ4n) is 1.38. The summed E-state index contributed by atoms with van der Waals surface area (Å²) in [6, 6.07) is 3.62. The van der Waals surface area contributed by atoms with Crippen LogP contribution in [0.5, 0.6) is 5.75 Å². The number of aryl methyl sites for hydroxylation is 1. The van der Waals surface area contributed by atoms with Gasteiger partial charge in [0.05, 0.1) is 0 Å². The smallest absolute Gasteiger partial charge is 0.122 e. The Morgan fingerprint density at radius 1 is 1.23 bits per heavy atom. The molecule has 0 aliphatic carbocycles. The summed E-state index contributed by atoms with van der Waals surface area (Å²) in [4.78, 5) is 0. The van der Waals surface area contributed by atoms with Gasteiger partial charge in [-0.15, -0.1) is 0 Å². The third-order valence-electron chi connectivity index (χ3n) is 2.13. The van der Waals surface area contributed by atoms with Crippen LogP contribution in [0.2, 0.25) is 0 Å². The van der Waals surface area contributed by atoms with Gasteiger partial charge in [0.2, 0.25) is 0 Å². The molecule has 0 saturated heterocycles. The highest BCUT2D eigenvalue weighted by Gasteiger charge is 2.19. The summed E-state index contributed by atoms with van der Waals surface area (Å²) in [6.45, 7) is 8.03. The lowest BCUT2D eigenvalue weighted by Crippen LogP contribution is -2.12. The van der Waals surface area contributed by atoms with Crippen LogP contribution in [0.1, 0.15) is 31.9 Å². The molecule has 0 aliphatic rings. The van der Waals surface area contributed by atoms with Crippen LogP contribution in [0.15, 0.2) is 12.1 Å². The molecular weight excluding hydrogens is 162 g/mol. The molecule has 2 heteroatoms. The number of hydrogen-bond donors (Lipinski definition) is 2. The van der Waals surface area contributed by atoms with Crippen LogP contribution in [0, 0.1) is 6.92 Å². The zero-order chi connectivity index (χ0) is 10.2. The molecule has 0 atom stereocenters. The van der Waals surface area contributed by atoms with Gasteiger partial charge < -0.3 is 10.8 Å². The molecule has 0 saturated carbocycles. The Morgan fingerprint density at radius 3 is 2.23 bits per heavy atom. The Balaban J connectivity index is 3.37. The number of anilines is 1. The molecule has 1 rings (SSSR count). The van der Waals surface area contributed by atoms with Gasteiger partial charge in [-0.3, -0.25) is 0 Å². The van der Waals surface area contributed by atoms with E-state index in [4.69, 9.17) is 5.73 Å². The van der Waals surface area contributed by atoms with Gasteiger partial charge in [0, 0.05) is 11.3 Å². The Bertz CT molecular complexity index is 324. The number of phenolic OH excluding ortho intramolecular Hbond substituents is 1. The van der Waals surface area contributed by atoms with Gasteiger partial charge in [0.25, 0.3) is 0 Å². The largest absolute Gasteiger partial charge is 0.507 e. The quantitative estimate of drug-likeness (QED) is 0.475. The van der Waals surface area contributed by atoms with E-state index in [2.05, 4.69) is 20.8 Å². The van der Waals surface area contributed by atoms with Crippen LogP contribution in [-0.2, 0) is 5.41 Å². The molecule has 13 heavy (non-hydrogen) atoms. The lowest BCUT2D eigenvalue weighted by molar-refractivity contribution is 0.443. The van der Waals surface area contributed by atoms with E-state index in [1.165, 1.54) is 0 Å². The van der Waals surface area contributed by atoms with Crippen molar-refractivity contribution in [2.75, 3.05) is 5.73 Å². The second kappa shape index (κ2) is 2.95. The highest BCUT2D eigenvalue weighted by atomic mass is 16.3. The Morgan fingerprint density at radius 2 is 1.77 bits per heavy atom. The van der Waals surface area contributed by atoms with E-state index >= 15 is 0 Å². The van der Waals surface area contributed by atoms with Crippen molar-refractivity contribution in [3.8, 4) is 5.75 Å². The van der Waals surface area contributed by atoms with E-state index in [9.17, 15) is 5.11 Å². The van der Waals surface area contributed by atoms with Gasteiger partial charge in [-0.2, -0.15) is 0 Å². The van der Waals surface area contributed by atoms with E-state index in [0.29, 0.717) is 11.4 Å². The number of rotatable bonds is 0. The molecule has 0 bridgehead atoms. The van der Waals surface area contributed by atoms with Gasteiger partial charge >= 0.3 is 0 Å². The highest BCUT2D eigenvalue weighted by Crippen LogP contribution is 2.34. The average molecular weight is 179 g/mol. The molecule has 72 valence electrons. The normalized spacial score (nSPS) is 11.7. The first kappa shape index (κ1) is 9.90. The second-order valence-electron chi connectivity index (χ2n) is 4.48. The van der Waals surface area contributed by atoms with Crippen LogP contribution in [-0.4, -0.2) is 5.11 Å². The van der Waals surface area contributed by atoms with Crippen LogP contribution in [0.3, 0.4) is 0 Å². The Hall–Kier alpha value is -1.18. The molecule has 0 amide bonds. The van der Waals surface area contributed by atoms with Crippen LogP contribution < -0.4 is 5.73 Å². The molecule has 0 spiro atoms. The Labute approximate surface area is 79.4 Å². The highest BCUT2D eigenvalue weighted by molar-refractivity contribution is 5.54. The molecule has 1 aromatic rings. The minimum atomic E-state index is -0.0653. The van der Waals surface area contributed by atoms with Crippen molar-refractivity contribution in [1.82, 2.24) is 0 Å². The maximum Gasteiger partial charge on any atom is 0.122 e. The van der Waals surface area contributed by atoms with Crippen molar-refractivity contribution in [2.24, 2.45) is 0 Å². The summed E-state index contributed by atoms with van der Waals surface area (Å²) in [6.07, 6.45) is 0. The SMILES string of the molecule is Cc1cc(N)cc(C(C)(C)C)c1O. The molecule has 2 nitrogen and oxygen atoms in total. The van der Waals surface area contributed by atoms with E-state index in [-0.39, 0.29) is 5.41 Å². The molecular formula is C11H17NO. The van der Waals surface area contributed by atoms with Gasteiger partial charge in [-0.25, -0.2) is 0 Å². The summed E-state index contributed by atoms with van der Waals surface area (Å²) in [5.74, 6) is 0.363. The summed E-state index contributed by atoms with van der Waals surface area (Å²) < 4.78 is 0. The van der Waals surface area contributed by atoms with Crippen molar-refractivity contribution in [3.63, 3.8) is 0 Å². The molecule has 0 unspecified atom stereocenters. The molecule has 0 aliphatic heterocycles. The molecule has 0 fully saturated rings. The number of nitrogens with two attached hydrogens (primary N) is 1. The summed E-state index contributed by atoms with van der Waals surface area (Å²) in [7, 11) is 0. The fraction of sp³-hybridized carbons (Fsp3) is 0.455. The average Bonchev–Trinajstić information content (AvgIpc) is 1.94. The molecule has 1 aromatic carbocycles. The number of hydrogen-bond acceptors (Lipinski definition) is 2. The predicted octanol–water partition coefficient (Wildman–Crippen LogP) is 2.58. The van der Waals surface area contributed by atoms with Gasteiger partial charge in [0.1, 0.15) is 5.75 Å². The number of aromatic hydroxyl groups is 1. The maximum atomic E-state index is 9.80. The first-order valence-electron chi connectivity index (χ1n) is 4.42. The summed E-state index contributed by atoms with van der Waals surface area (Å²) in [5, 5.41) is 9.80. The van der Waals surface area contributed by atoms with Crippen molar-refractivity contribution in [2.45, 2.75) is 33.1 Å². The number of benzene rings is 1. The van der Waals surface area contributed by atoms with Crippen molar-refractivity contribution >= 4 is 5.69 Å². The molecule has 0 heterocycles. The lowest BCUT2D eigenvalue weighted by Gasteiger charge is -2.21. The van der Waals surface area contributed by atoms with Crippen LogP contribution in [0.25, 0.3) is 0 Å².